The van der Waals surface area contributed by atoms with E-state index in [1.807, 2.05) is 37.4 Å². The lowest BCUT2D eigenvalue weighted by Gasteiger charge is -2.10. The van der Waals surface area contributed by atoms with Gasteiger partial charge in [-0.25, -0.2) is 8.42 Å². The van der Waals surface area contributed by atoms with Gasteiger partial charge in [0.05, 0.1) is 4.90 Å². The largest absolute Gasteiger partial charge is 0.316 e. The molecule has 3 nitrogen and oxygen atoms in total. The van der Waals surface area contributed by atoms with Crippen LogP contribution in [0.15, 0.2) is 57.2 Å². The highest BCUT2D eigenvalue weighted by atomic mass is 35.5. The fraction of sp³-hybridized carbons (Fsp3) is 0.200. The predicted molar refractivity (Wildman–Crippen MR) is 87.9 cm³/mol. The SMILES string of the molecule is CNCc1cc(Cl)ccc1Sc1ccc(S(C)(=O)=O)cc1. The van der Waals surface area contributed by atoms with Crippen molar-refractivity contribution in [3.63, 3.8) is 0 Å². The van der Waals surface area contributed by atoms with Crippen molar-refractivity contribution in [1.29, 1.82) is 0 Å². The third kappa shape index (κ3) is 4.48. The highest BCUT2D eigenvalue weighted by Gasteiger charge is 2.08. The Labute approximate surface area is 134 Å². The molecule has 0 atom stereocenters. The van der Waals surface area contributed by atoms with Gasteiger partial charge in [0.25, 0.3) is 0 Å². The fourth-order valence-corrected chi connectivity index (χ4v) is 3.61. The summed E-state index contributed by atoms with van der Waals surface area (Å²) >= 11 is 7.61. The molecule has 0 saturated heterocycles. The van der Waals surface area contributed by atoms with E-state index in [0.717, 1.165) is 21.9 Å². The molecule has 21 heavy (non-hydrogen) atoms. The summed E-state index contributed by atoms with van der Waals surface area (Å²) in [6.45, 7) is 0.727. The Morgan fingerprint density at radius 2 is 1.81 bits per heavy atom. The van der Waals surface area contributed by atoms with Crippen LogP contribution >= 0.6 is 23.4 Å². The summed E-state index contributed by atoms with van der Waals surface area (Å²) in [5.74, 6) is 0. The van der Waals surface area contributed by atoms with Crippen LogP contribution in [-0.4, -0.2) is 21.7 Å². The lowest BCUT2D eigenvalue weighted by atomic mass is 10.2. The summed E-state index contributed by atoms with van der Waals surface area (Å²) in [6.07, 6.45) is 1.21. The van der Waals surface area contributed by atoms with Crippen molar-refractivity contribution in [3.05, 3.63) is 53.1 Å². The van der Waals surface area contributed by atoms with Gasteiger partial charge in [-0.05, 0) is 55.1 Å². The number of rotatable bonds is 5. The Morgan fingerprint density at radius 3 is 2.38 bits per heavy atom. The molecule has 0 heterocycles. The molecule has 0 aliphatic rings. The zero-order chi connectivity index (χ0) is 15.5. The average molecular weight is 342 g/mol. The summed E-state index contributed by atoms with van der Waals surface area (Å²) in [5.41, 5.74) is 1.11. The van der Waals surface area contributed by atoms with Crippen molar-refractivity contribution in [2.24, 2.45) is 0 Å². The molecule has 1 N–H and O–H groups in total. The normalized spacial score (nSPS) is 11.6. The first-order chi connectivity index (χ1) is 9.90. The van der Waals surface area contributed by atoms with Crippen molar-refractivity contribution in [3.8, 4) is 0 Å². The Bertz CT molecular complexity index is 728. The standard InChI is InChI=1S/C15H16ClNO2S2/c1-17-10-11-9-12(16)3-8-15(11)20-13-4-6-14(7-5-13)21(2,18)19/h3-9,17H,10H2,1-2H3. The number of halogens is 1. The molecule has 0 saturated carbocycles. The number of benzene rings is 2. The van der Waals surface area contributed by atoms with Gasteiger partial charge in [0.1, 0.15) is 0 Å². The van der Waals surface area contributed by atoms with Crippen LogP contribution in [0.4, 0.5) is 0 Å². The summed E-state index contributed by atoms with van der Waals surface area (Å²) in [5, 5.41) is 3.82. The zero-order valence-corrected chi connectivity index (χ0v) is 14.1. The van der Waals surface area contributed by atoms with Crippen molar-refractivity contribution in [2.45, 2.75) is 21.2 Å². The number of nitrogens with one attached hydrogen (secondary N) is 1. The van der Waals surface area contributed by atoms with E-state index in [2.05, 4.69) is 5.32 Å². The fourth-order valence-electron chi connectivity index (χ4n) is 1.86. The van der Waals surface area contributed by atoms with Crippen molar-refractivity contribution < 1.29 is 8.42 Å². The van der Waals surface area contributed by atoms with Gasteiger partial charge >= 0.3 is 0 Å². The predicted octanol–water partition coefficient (Wildman–Crippen LogP) is 3.61. The summed E-state index contributed by atoms with van der Waals surface area (Å²) in [7, 11) is -1.27. The molecule has 0 fully saturated rings. The van der Waals surface area contributed by atoms with Gasteiger partial charge in [0, 0.05) is 27.6 Å². The zero-order valence-electron chi connectivity index (χ0n) is 11.8. The van der Waals surface area contributed by atoms with Crippen LogP contribution in [0.25, 0.3) is 0 Å². The van der Waals surface area contributed by atoms with Gasteiger partial charge in [0.15, 0.2) is 9.84 Å². The van der Waals surface area contributed by atoms with Crippen LogP contribution in [0.1, 0.15) is 5.56 Å². The molecule has 0 bridgehead atoms. The molecular formula is C15H16ClNO2S2. The summed E-state index contributed by atoms with van der Waals surface area (Å²) < 4.78 is 22.9. The molecule has 0 aliphatic carbocycles. The number of sulfone groups is 1. The first-order valence-electron chi connectivity index (χ1n) is 6.31. The first-order valence-corrected chi connectivity index (χ1v) is 9.40. The molecule has 0 unspecified atom stereocenters. The molecule has 0 radical (unpaired) electrons. The van der Waals surface area contributed by atoms with Gasteiger partial charge in [-0.1, -0.05) is 23.4 Å². The topological polar surface area (TPSA) is 46.2 Å². The van der Waals surface area contributed by atoms with E-state index in [4.69, 9.17) is 11.6 Å². The van der Waals surface area contributed by atoms with Crippen molar-refractivity contribution in [1.82, 2.24) is 5.32 Å². The molecule has 0 aliphatic heterocycles. The van der Waals surface area contributed by atoms with Gasteiger partial charge in [-0.15, -0.1) is 0 Å². The summed E-state index contributed by atoms with van der Waals surface area (Å²) in [4.78, 5) is 2.42. The molecule has 0 aromatic heterocycles. The van der Waals surface area contributed by atoms with E-state index in [1.54, 1.807) is 23.9 Å². The van der Waals surface area contributed by atoms with Crippen LogP contribution in [0.3, 0.4) is 0 Å². The van der Waals surface area contributed by atoms with E-state index in [9.17, 15) is 8.42 Å². The third-order valence-corrected chi connectivity index (χ3v) is 5.36. The highest BCUT2D eigenvalue weighted by molar-refractivity contribution is 7.99. The minimum Gasteiger partial charge on any atom is -0.316 e. The van der Waals surface area contributed by atoms with Crippen LogP contribution in [0.5, 0.6) is 0 Å². The average Bonchev–Trinajstić information content (AvgIpc) is 2.42. The molecule has 2 rings (SSSR count). The molecule has 6 heteroatoms. The van der Waals surface area contributed by atoms with Gasteiger partial charge in [-0.3, -0.25) is 0 Å². The maximum atomic E-state index is 11.4. The number of hydrogen-bond acceptors (Lipinski definition) is 4. The number of hydrogen-bond donors (Lipinski definition) is 1. The maximum absolute atomic E-state index is 11.4. The van der Waals surface area contributed by atoms with E-state index in [-0.39, 0.29) is 0 Å². The van der Waals surface area contributed by atoms with E-state index in [0.29, 0.717) is 9.92 Å². The Hall–Kier alpha value is -1.01. The maximum Gasteiger partial charge on any atom is 0.175 e. The van der Waals surface area contributed by atoms with Crippen LogP contribution in [0, 0.1) is 0 Å². The Balaban J connectivity index is 2.26. The van der Waals surface area contributed by atoms with Crippen molar-refractivity contribution in [2.75, 3.05) is 13.3 Å². The Kier molecular flexibility index (Phi) is 5.32. The Morgan fingerprint density at radius 1 is 1.14 bits per heavy atom. The molecular weight excluding hydrogens is 326 g/mol. The summed E-state index contributed by atoms with van der Waals surface area (Å²) in [6, 6.07) is 12.7. The second-order valence-corrected chi connectivity index (χ2v) is 8.20. The minimum atomic E-state index is -3.15. The smallest absolute Gasteiger partial charge is 0.175 e. The minimum absolute atomic E-state index is 0.332. The molecule has 112 valence electrons. The van der Waals surface area contributed by atoms with E-state index in [1.165, 1.54) is 6.26 Å². The molecule has 0 spiro atoms. The molecule has 0 amide bonds. The van der Waals surface area contributed by atoms with E-state index < -0.39 is 9.84 Å². The lowest BCUT2D eigenvalue weighted by molar-refractivity contribution is 0.602. The molecule has 2 aromatic rings. The van der Waals surface area contributed by atoms with Crippen LogP contribution < -0.4 is 5.32 Å². The quantitative estimate of drug-likeness (QED) is 0.902. The monoisotopic (exact) mass is 341 g/mol. The third-order valence-electron chi connectivity index (χ3n) is 2.87. The lowest BCUT2D eigenvalue weighted by Crippen LogP contribution is -2.06. The van der Waals surface area contributed by atoms with E-state index >= 15 is 0 Å². The molecule has 2 aromatic carbocycles. The van der Waals surface area contributed by atoms with Gasteiger partial charge in [0.2, 0.25) is 0 Å². The first kappa shape index (κ1) is 16.4. The van der Waals surface area contributed by atoms with Crippen molar-refractivity contribution >= 4 is 33.2 Å². The van der Waals surface area contributed by atoms with Gasteiger partial charge in [-0.2, -0.15) is 0 Å². The van der Waals surface area contributed by atoms with Crippen LogP contribution in [-0.2, 0) is 16.4 Å². The van der Waals surface area contributed by atoms with Gasteiger partial charge < -0.3 is 5.32 Å². The second kappa shape index (κ2) is 6.83. The highest BCUT2D eigenvalue weighted by Crippen LogP contribution is 2.32. The van der Waals surface area contributed by atoms with Crippen LogP contribution in [0.2, 0.25) is 5.02 Å². The second-order valence-electron chi connectivity index (χ2n) is 4.63.